The molecule has 0 aromatic carbocycles. The fourth-order valence-corrected chi connectivity index (χ4v) is 0.437. The summed E-state index contributed by atoms with van der Waals surface area (Å²) in [6.45, 7) is 5.24. The van der Waals surface area contributed by atoms with E-state index in [-0.39, 0.29) is 5.92 Å². The van der Waals surface area contributed by atoms with Crippen LogP contribution in [-0.4, -0.2) is 12.6 Å². The maximum atomic E-state index is 10.1. The van der Waals surface area contributed by atoms with E-state index in [0.717, 1.165) is 0 Å². The second-order valence-electron chi connectivity index (χ2n) is 1.94. The molecule has 0 saturated heterocycles. The van der Waals surface area contributed by atoms with Gasteiger partial charge in [0.1, 0.15) is 12.6 Å². The lowest BCUT2D eigenvalue weighted by molar-refractivity contribution is -0.120. The molecule has 1 atom stereocenters. The zero-order chi connectivity index (χ0) is 7.28. The van der Waals surface area contributed by atoms with E-state index in [2.05, 4.69) is 6.58 Å². The van der Waals surface area contributed by atoms with Crippen LogP contribution in [0.5, 0.6) is 0 Å². The van der Waals surface area contributed by atoms with Gasteiger partial charge in [-0.05, 0) is 5.92 Å². The van der Waals surface area contributed by atoms with Gasteiger partial charge in [-0.15, -0.1) is 6.58 Å². The van der Waals surface area contributed by atoms with Crippen molar-refractivity contribution >= 4 is 12.6 Å². The minimum atomic E-state index is -0.512. The monoisotopic (exact) mass is 126 g/mol. The zero-order valence-corrected chi connectivity index (χ0v) is 5.41. The molecule has 0 radical (unpaired) electrons. The van der Waals surface area contributed by atoms with Gasteiger partial charge in [0.2, 0.25) is 0 Å². The summed E-state index contributed by atoms with van der Waals surface area (Å²) in [5, 5.41) is 0. The first-order valence-electron chi connectivity index (χ1n) is 2.79. The summed E-state index contributed by atoms with van der Waals surface area (Å²) in [4.78, 5) is 20.1. The molecule has 0 saturated carbocycles. The van der Waals surface area contributed by atoms with E-state index in [0.29, 0.717) is 12.6 Å². The Morgan fingerprint density at radius 1 is 1.33 bits per heavy atom. The molecule has 0 fully saturated rings. The third-order valence-electron chi connectivity index (χ3n) is 1.29. The third kappa shape index (κ3) is 2.22. The van der Waals surface area contributed by atoms with Gasteiger partial charge in [-0.2, -0.15) is 0 Å². The number of rotatable bonds is 4. The molecule has 0 bridgehead atoms. The molecule has 0 aromatic rings. The van der Waals surface area contributed by atoms with Gasteiger partial charge >= 0.3 is 0 Å². The van der Waals surface area contributed by atoms with Gasteiger partial charge in [0.15, 0.2) is 0 Å². The lowest BCUT2D eigenvalue weighted by atomic mass is 9.98. The highest BCUT2D eigenvalue weighted by Gasteiger charge is 2.10. The van der Waals surface area contributed by atoms with E-state index < -0.39 is 5.92 Å². The van der Waals surface area contributed by atoms with Crippen LogP contribution < -0.4 is 0 Å². The number of carbonyl (C=O) groups excluding carboxylic acids is 2. The molecule has 0 spiro atoms. The van der Waals surface area contributed by atoms with Gasteiger partial charge in [0.25, 0.3) is 0 Å². The van der Waals surface area contributed by atoms with Gasteiger partial charge < -0.3 is 9.59 Å². The molecule has 0 N–H and O–H groups in total. The van der Waals surface area contributed by atoms with Crippen molar-refractivity contribution in [3.63, 3.8) is 0 Å². The Morgan fingerprint density at radius 2 is 1.78 bits per heavy atom. The van der Waals surface area contributed by atoms with Crippen LogP contribution in [0.25, 0.3) is 0 Å². The lowest BCUT2D eigenvalue weighted by Crippen LogP contribution is -2.11. The smallest absolute Gasteiger partial charge is 0.130 e. The van der Waals surface area contributed by atoms with Gasteiger partial charge in [-0.1, -0.05) is 13.0 Å². The van der Waals surface area contributed by atoms with Crippen molar-refractivity contribution in [1.29, 1.82) is 0 Å². The number of carbonyl (C=O) groups is 2. The minimum absolute atomic E-state index is 0.0417. The Morgan fingerprint density at radius 3 is 1.89 bits per heavy atom. The summed E-state index contributed by atoms with van der Waals surface area (Å²) >= 11 is 0. The second kappa shape index (κ2) is 4.01. The van der Waals surface area contributed by atoms with E-state index in [1.165, 1.54) is 0 Å². The van der Waals surface area contributed by atoms with Crippen LogP contribution in [0.2, 0.25) is 0 Å². The SMILES string of the molecule is C=CC(C)C(C=O)C=O. The highest BCUT2D eigenvalue weighted by molar-refractivity contribution is 5.77. The van der Waals surface area contributed by atoms with Gasteiger partial charge in [-0.3, -0.25) is 0 Å². The van der Waals surface area contributed by atoms with Crippen molar-refractivity contribution in [3.8, 4) is 0 Å². The highest BCUT2D eigenvalue weighted by Crippen LogP contribution is 2.05. The lowest BCUT2D eigenvalue weighted by Gasteiger charge is -2.04. The summed E-state index contributed by atoms with van der Waals surface area (Å²) in [6, 6.07) is 0. The van der Waals surface area contributed by atoms with E-state index in [9.17, 15) is 9.59 Å². The predicted molar refractivity (Wildman–Crippen MR) is 35.0 cm³/mol. The fraction of sp³-hybridized carbons (Fsp3) is 0.429. The van der Waals surface area contributed by atoms with Crippen molar-refractivity contribution in [2.45, 2.75) is 6.92 Å². The molecule has 50 valence electrons. The van der Waals surface area contributed by atoms with Crippen LogP contribution in [0.4, 0.5) is 0 Å². The quantitative estimate of drug-likeness (QED) is 0.317. The molecule has 9 heavy (non-hydrogen) atoms. The summed E-state index contributed by atoms with van der Waals surface area (Å²) < 4.78 is 0. The fourth-order valence-electron chi connectivity index (χ4n) is 0.437. The topological polar surface area (TPSA) is 34.1 Å². The maximum absolute atomic E-state index is 10.1. The van der Waals surface area contributed by atoms with E-state index in [1.807, 2.05) is 0 Å². The molecule has 2 nitrogen and oxygen atoms in total. The summed E-state index contributed by atoms with van der Waals surface area (Å²) in [5.41, 5.74) is 0. The average Bonchev–Trinajstić information content (AvgIpc) is 1.90. The van der Waals surface area contributed by atoms with Gasteiger partial charge in [-0.25, -0.2) is 0 Å². The van der Waals surface area contributed by atoms with Crippen LogP contribution in [0, 0.1) is 11.8 Å². The second-order valence-corrected chi connectivity index (χ2v) is 1.94. The Hall–Kier alpha value is -0.920. The van der Waals surface area contributed by atoms with Crippen LogP contribution >= 0.6 is 0 Å². The Labute approximate surface area is 54.6 Å². The molecule has 1 unspecified atom stereocenters. The van der Waals surface area contributed by atoms with Crippen molar-refractivity contribution in [2.24, 2.45) is 11.8 Å². The first-order valence-corrected chi connectivity index (χ1v) is 2.79. The Balaban J connectivity index is 3.92. The third-order valence-corrected chi connectivity index (χ3v) is 1.29. The summed E-state index contributed by atoms with van der Waals surface area (Å²) in [5.74, 6) is -0.553. The summed E-state index contributed by atoms with van der Waals surface area (Å²) in [6.07, 6.45) is 2.87. The van der Waals surface area contributed by atoms with E-state index >= 15 is 0 Å². The first-order chi connectivity index (χ1) is 4.26. The van der Waals surface area contributed by atoms with Crippen LogP contribution in [0.15, 0.2) is 12.7 Å². The largest absolute Gasteiger partial charge is 0.303 e. The zero-order valence-electron chi connectivity index (χ0n) is 5.41. The predicted octanol–water partition coefficient (Wildman–Crippen LogP) is 0.823. The standard InChI is InChI=1S/C7H10O2/c1-3-6(2)7(4-8)5-9/h3-7H,1H2,2H3. The number of hydrogen-bond donors (Lipinski definition) is 0. The molecular weight excluding hydrogens is 116 g/mol. The van der Waals surface area contributed by atoms with Crippen molar-refractivity contribution in [2.75, 3.05) is 0 Å². The van der Waals surface area contributed by atoms with Crippen LogP contribution in [0.1, 0.15) is 6.92 Å². The molecule has 0 aromatic heterocycles. The molecule has 0 aliphatic rings. The number of hydrogen-bond acceptors (Lipinski definition) is 2. The van der Waals surface area contributed by atoms with Crippen molar-refractivity contribution in [3.05, 3.63) is 12.7 Å². The molecular formula is C7H10O2. The Kier molecular flexibility index (Phi) is 3.60. The molecule has 2 heteroatoms. The first kappa shape index (κ1) is 8.08. The Bertz CT molecular complexity index is 110. The molecule has 0 amide bonds. The molecule has 0 heterocycles. The number of aldehydes is 2. The summed E-state index contributed by atoms with van der Waals surface area (Å²) in [7, 11) is 0. The van der Waals surface area contributed by atoms with E-state index in [1.54, 1.807) is 13.0 Å². The normalized spacial score (nSPS) is 12.7. The minimum Gasteiger partial charge on any atom is -0.303 e. The van der Waals surface area contributed by atoms with Crippen molar-refractivity contribution < 1.29 is 9.59 Å². The highest BCUT2D eigenvalue weighted by atomic mass is 16.1. The van der Waals surface area contributed by atoms with Crippen LogP contribution in [0.3, 0.4) is 0 Å². The van der Waals surface area contributed by atoms with Gasteiger partial charge in [0, 0.05) is 0 Å². The average molecular weight is 126 g/mol. The number of allylic oxidation sites excluding steroid dienone is 1. The molecule has 0 aliphatic carbocycles. The molecule has 0 aliphatic heterocycles. The van der Waals surface area contributed by atoms with E-state index in [4.69, 9.17) is 0 Å². The maximum Gasteiger partial charge on any atom is 0.130 e. The molecule has 0 rings (SSSR count). The van der Waals surface area contributed by atoms with Crippen LogP contribution in [-0.2, 0) is 9.59 Å². The van der Waals surface area contributed by atoms with Gasteiger partial charge in [0.05, 0.1) is 5.92 Å². The van der Waals surface area contributed by atoms with Crippen molar-refractivity contribution in [1.82, 2.24) is 0 Å².